The number of aromatic nitrogens is 5. The molecule has 0 amide bonds. The lowest BCUT2D eigenvalue weighted by atomic mass is 10.1. The molecule has 3 heterocycles. The number of hydrogen-bond donors (Lipinski definition) is 0. The van der Waals surface area contributed by atoms with Crippen LogP contribution in [0.25, 0.3) is 5.95 Å². The Balaban J connectivity index is 1.73. The summed E-state index contributed by atoms with van der Waals surface area (Å²) in [5, 5.41) is 0.233. The lowest BCUT2D eigenvalue weighted by Crippen LogP contribution is -2.33. The Morgan fingerprint density at radius 3 is 2.74 bits per heavy atom. The Labute approximate surface area is 115 Å². The van der Waals surface area contributed by atoms with Crippen LogP contribution in [0.1, 0.15) is 19.3 Å². The fourth-order valence-corrected chi connectivity index (χ4v) is 3.27. The van der Waals surface area contributed by atoms with Crippen LogP contribution in [-0.2, 0) is 0 Å². The Kier molecular flexibility index (Phi) is 2.44. The van der Waals surface area contributed by atoms with Gasteiger partial charge in [-0.25, -0.2) is 4.98 Å². The van der Waals surface area contributed by atoms with E-state index in [0.717, 1.165) is 12.5 Å². The van der Waals surface area contributed by atoms with Crippen LogP contribution in [0.4, 0.5) is 5.95 Å². The molecule has 2 fully saturated rings. The van der Waals surface area contributed by atoms with Gasteiger partial charge in [-0.15, -0.1) is 0 Å². The second kappa shape index (κ2) is 4.16. The molecule has 1 saturated heterocycles. The first-order valence-corrected chi connectivity index (χ1v) is 6.84. The van der Waals surface area contributed by atoms with Gasteiger partial charge in [0.05, 0.1) is 0 Å². The highest BCUT2D eigenvalue weighted by molar-refractivity contribution is 6.28. The summed E-state index contributed by atoms with van der Waals surface area (Å²) in [7, 11) is 0. The quantitative estimate of drug-likeness (QED) is 0.835. The second-order valence-corrected chi connectivity index (χ2v) is 5.50. The molecular formula is C12H13ClN6. The number of rotatable bonds is 2. The number of imidazole rings is 1. The highest BCUT2D eigenvalue weighted by Crippen LogP contribution is 2.39. The van der Waals surface area contributed by atoms with Crippen molar-refractivity contribution in [3.63, 3.8) is 0 Å². The van der Waals surface area contributed by atoms with E-state index in [0.29, 0.717) is 17.9 Å². The van der Waals surface area contributed by atoms with Crippen molar-refractivity contribution in [2.75, 3.05) is 11.4 Å². The Hall–Kier alpha value is -1.69. The van der Waals surface area contributed by atoms with Gasteiger partial charge < -0.3 is 4.90 Å². The first-order chi connectivity index (χ1) is 9.29. The zero-order valence-corrected chi connectivity index (χ0v) is 11.0. The standard InChI is InChI=1S/C12H13ClN6/c13-10-15-11(18-4-3-14-7-18)17-12(16-10)19-6-8-1-2-9(19)5-8/h3-4,7-9H,1-2,5-6H2. The third kappa shape index (κ3) is 1.87. The highest BCUT2D eigenvalue weighted by Gasteiger charge is 2.39. The van der Waals surface area contributed by atoms with E-state index in [1.807, 2.05) is 0 Å². The van der Waals surface area contributed by atoms with Gasteiger partial charge in [0, 0.05) is 25.0 Å². The van der Waals surface area contributed by atoms with E-state index in [9.17, 15) is 0 Å². The molecule has 0 spiro atoms. The Bertz CT molecular complexity index is 598. The topological polar surface area (TPSA) is 59.7 Å². The van der Waals surface area contributed by atoms with Crippen LogP contribution in [0.3, 0.4) is 0 Å². The van der Waals surface area contributed by atoms with Crippen molar-refractivity contribution in [2.24, 2.45) is 5.92 Å². The second-order valence-electron chi connectivity index (χ2n) is 5.16. The minimum Gasteiger partial charge on any atom is -0.337 e. The zero-order valence-electron chi connectivity index (χ0n) is 10.3. The molecule has 2 aromatic heterocycles. The number of anilines is 1. The molecule has 2 unspecified atom stereocenters. The molecule has 2 atom stereocenters. The molecule has 2 aliphatic rings. The molecule has 1 aliphatic carbocycles. The van der Waals surface area contributed by atoms with E-state index >= 15 is 0 Å². The number of fused-ring (bicyclic) bond motifs is 2. The van der Waals surface area contributed by atoms with Crippen molar-refractivity contribution in [1.29, 1.82) is 0 Å². The van der Waals surface area contributed by atoms with Crippen molar-refractivity contribution in [3.05, 3.63) is 24.0 Å². The van der Waals surface area contributed by atoms with Crippen molar-refractivity contribution < 1.29 is 0 Å². The summed E-state index contributed by atoms with van der Waals surface area (Å²) < 4.78 is 1.74. The summed E-state index contributed by atoms with van der Waals surface area (Å²) in [6, 6.07) is 0.569. The molecule has 6 nitrogen and oxygen atoms in total. The van der Waals surface area contributed by atoms with Gasteiger partial charge >= 0.3 is 0 Å². The zero-order chi connectivity index (χ0) is 12.8. The van der Waals surface area contributed by atoms with Gasteiger partial charge in [0.2, 0.25) is 17.2 Å². The maximum absolute atomic E-state index is 6.02. The molecule has 2 aromatic rings. The van der Waals surface area contributed by atoms with Crippen molar-refractivity contribution in [2.45, 2.75) is 25.3 Å². The molecule has 4 rings (SSSR count). The minimum atomic E-state index is 0.233. The van der Waals surface area contributed by atoms with E-state index < -0.39 is 0 Å². The van der Waals surface area contributed by atoms with Crippen molar-refractivity contribution in [1.82, 2.24) is 24.5 Å². The monoisotopic (exact) mass is 276 g/mol. The van der Waals surface area contributed by atoms with E-state index in [1.165, 1.54) is 19.3 Å². The third-order valence-electron chi connectivity index (χ3n) is 3.99. The molecule has 2 bridgehead atoms. The van der Waals surface area contributed by atoms with Crippen LogP contribution in [0, 0.1) is 5.92 Å². The normalized spacial score (nSPS) is 25.2. The lowest BCUT2D eigenvalue weighted by molar-refractivity contribution is 0.545. The molecule has 98 valence electrons. The highest BCUT2D eigenvalue weighted by atomic mass is 35.5. The molecule has 0 N–H and O–H groups in total. The fourth-order valence-electron chi connectivity index (χ4n) is 3.12. The van der Waals surface area contributed by atoms with E-state index in [4.69, 9.17) is 11.6 Å². The minimum absolute atomic E-state index is 0.233. The number of hydrogen-bond acceptors (Lipinski definition) is 5. The predicted octanol–water partition coefficient (Wildman–Crippen LogP) is 1.70. The van der Waals surface area contributed by atoms with Gasteiger partial charge in [-0.05, 0) is 36.8 Å². The summed E-state index contributed by atoms with van der Waals surface area (Å²) in [6.07, 6.45) is 8.96. The van der Waals surface area contributed by atoms with Gasteiger partial charge in [0.25, 0.3) is 0 Å². The maximum atomic E-state index is 6.02. The Morgan fingerprint density at radius 1 is 1.16 bits per heavy atom. The van der Waals surface area contributed by atoms with Crippen molar-refractivity contribution in [3.8, 4) is 5.95 Å². The van der Waals surface area contributed by atoms with Crippen LogP contribution in [0.5, 0.6) is 0 Å². The molecule has 0 aromatic carbocycles. The molecule has 1 aliphatic heterocycles. The first-order valence-electron chi connectivity index (χ1n) is 6.46. The summed E-state index contributed by atoms with van der Waals surface area (Å²) in [4.78, 5) is 19.2. The maximum Gasteiger partial charge on any atom is 0.241 e. The van der Waals surface area contributed by atoms with Crippen LogP contribution >= 0.6 is 11.6 Å². The first kappa shape index (κ1) is 11.2. The van der Waals surface area contributed by atoms with Gasteiger partial charge in [0.15, 0.2) is 0 Å². The number of nitrogens with zero attached hydrogens (tertiary/aromatic N) is 6. The summed E-state index contributed by atoms with van der Waals surface area (Å²) in [6.45, 7) is 1.04. The van der Waals surface area contributed by atoms with Crippen LogP contribution in [0.2, 0.25) is 5.28 Å². The van der Waals surface area contributed by atoms with Gasteiger partial charge in [-0.3, -0.25) is 4.57 Å². The lowest BCUT2D eigenvalue weighted by Gasteiger charge is -2.26. The fraction of sp³-hybridized carbons (Fsp3) is 0.500. The molecule has 7 heteroatoms. The summed E-state index contributed by atoms with van der Waals surface area (Å²) in [5.74, 6) is 2.00. The average molecular weight is 277 g/mol. The number of piperidine rings is 1. The summed E-state index contributed by atoms with van der Waals surface area (Å²) >= 11 is 6.02. The molecule has 0 radical (unpaired) electrons. The molecular weight excluding hydrogens is 264 g/mol. The average Bonchev–Trinajstić information content (AvgIpc) is 3.15. The van der Waals surface area contributed by atoms with Crippen molar-refractivity contribution >= 4 is 17.5 Å². The van der Waals surface area contributed by atoms with E-state index in [-0.39, 0.29) is 5.28 Å². The smallest absolute Gasteiger partial charge is 0.241 e. The van der Waals surface area contributed by atoms with Crippen LogP contribution in [0.15, 0.2) is 18.7 Å². The SMILES string of the molecule is Clc1nc(N2CC3CCC2C3)nc(-n2ccnc2)n1. The third-order valence-corrected chi connectivity index (χ3v) is 4.15. The van der Waals surface area contributed by atoms with Crippen LogP contribution in [-0.4, -0.2) is 37.1 Å². The number of halogens is 1. The summed E-state index contributed by atoms with van der Waals surface area (Å²) in [5.41, 5.74) is 0. The van der Waals surface area contributed by atoms with Gasteiger partial charge in [-0.1, -0.05) is 0 Å². The van der Waals surface area contributed by atoms with Gasteiger partial charge in [0.1, 0.15) is 6.33 Å². The largest absolute Gasteiger partial charge is 0.337 e. The molecule has 19 heavy (non-hydrogen) atoms. The van der Waals surface area contributed by atoms with E-state index in [1.54, 1.807) is 23.3 Å². The van der Waals surface area contributed by atoms with E-state index in [2.05, 4.69) is 24.8 Å². The van der Waals surface area contributed by atoms with Gasteiger partial charge in [-0.2, -0.15) is 15.0 Å². The van der Waals surface area contributed by atoms with Crippen LogP contribution < -0.4 is 4.90 Å². The predicted molar refractivity (Wildman–Crippen MR) is 70.4 cm³/mol. The molecule has 1 saturated carbocycles. The Morgan fingerprint density at radius 2 is 2.05 bits per heavy atom.